The standard InChI is InChI=1S/C13H22N4O/c1-2-7-18-12-5-6-15-13(17-12)16-9-10-3-4-11(14)8-10/h5-6,10-11H,2-4,7-9,14H2,1H3,(H,15,16,17). The Morgan fingerprint density at radius 1 is 1.50 bits per heavy atom. The lowest BCUT2D eigenvalue weighted by molar-refractivity contribution is 0.305. The van der Waals surface area contributed by atoms with Gasteiger partial charge in [0, 0.05) is 24.8 Å². The molecule has 18 heavy (non-hydrogen) atoms. The second-order valence-electron chi connectivity index (χ2n) is 4.89. The molecule has 0 radical (unpaired) electrons. The number of nitrogens with two attached hydrogens (primary N) is 1. The summed E-state index contributed by atoms with van der Waals surface area (Å²) in [5.41, 5.74) is 5.89. The van der Waals surface area contributed by atoms with E-state index < -0.39 is 0 Å². The van der Waals surface area contributed by atoms with Crippen molar-refractivity contribution in [2.45, 2.75) is 38.6 Å². The van der Waals surface area contributed by atoms with Crippen molar-refractivity contribution in [3.8, 4) is 5.88 Å². The minimum atomic E-state index is 0.372. The highest BCUT2D eigenvalue weighted by Gasteiger charge is 2.21. The van der Waals surface area contributed by atoms with Crippen molar-refractivity contribution < 1.29 is 4.74 Å². The van der Waals surface area contributed by atoms with Crippen molar-refractivity contribution >= 4 is 5.95 Å². The van der Waals surface area contributed by atoms with Gasteiger partial charge in [0.15, 0.2) is 0 Å². The largest absolute Gasteiger partial charge is 0.478 e. The summed E-state index contributed by atoms with van der Waals surface area (Å²) in [6.07, 6.45) is 6.12. The van der Waals surface area contributed by atoms with Crippen molar-refractivity contribution in [3.05, 3.63) is 12.3 Å². The Morgan fingerprint density at radius 2 is 2.39 bits per heavy atom. The third kappa shape index (κ3) is 3.84. The lowest BCUT2D eigenvalue weighted by Gasteiger charge is -2.11. The number of rotatable bonds is 6. The second-order valence-corrected chi connectivity index (χ2v) is 4.89. The smallest absolute Gasteiger partial charge is 0.225 e. The second kappa shape index (κ2) is 6.54. The van der Waals surface area contributed by atoms with Gasteiger partial charge in [-0.2, -0.15) is 4.98 Å². The molecule has 2 atom stereocenters. The maximum Gasteiger partial charge on any atom is 0.225 e. The number of ether oxygens (including phenoxy) is 1. The van der Waals surface area contributed by atoms with E-state index in [1.54, 1.807) is 12.3 Å². The summed E-state index contributed by atoms with van der Waals surface area (Å²) in [7, 11) is 0. The molecule has 1 fully saturated rings. The molecule has 0 bridgehead atoms. The van der Waals surface area contributed by atoms with Crippen LogP contribution in [0.15, 0.2) is 12.3 Å². The molecule has 1 heterocycles. The summed E-state index contributed by atoms with van der Waals surface area (Å²) in [6, 6.07) is 2.16. The number of hydrogen-bond donors (Lipinski definition) is 2. The van der Waals surface area contributed by atoms with Crippen LogP contribution < -0.4 is 15.8 Å². The molecule has 100 valence electrons. The molecule has 0 spiro atoms. The van der Waals surface area contributed by atoms with Gasteiger partial charge in [0.1, 0.15) is 0 Å². The summed E-state index contributed by atoms with van der Waals surface area (Å²) < 4.78 is 5.47. The SMILES string of the molecule is CCCOc1ccnc(NCC2CCC(N)C2)n1. The molecule has 0 saturated heterocycles. The van der Waals surface area contributed by atoms with Gasteiger partial charge in [-0.15, -0.1) is 0 Å². The molecule has 3 N–H and O–H groups in total. The van der Waals surface area contributed by atoms with E-state index in [0.29, 0.717) is 30.4 Å². The lowest BCUT2D eigenvalue weighted by Crippen LogP contribution is -2.18. The highest BCUT2D eigenvalue weighted by Crippen LogP contribution is 2.24. The summed E-state index contributed by atoms with van der Waals surface area (Å²) in [6.45, 7) is 3.66. The van der Waals surface area contributed by atoms with Crippen LogP contribution in [0.3, 0.4) is 0 Å². The molecular formula is C13H22N4O. The van der Waals surface area contributed by atoms with Gasteiger partial charge < -0.3 is 15.8 Å². The van der Waals surface area contributed by atoms with Gasteiger partial charge in [-0.1, -0.05) is 6.92 Å². The van der Waals surface area contributed by atoms with Crippen LogP contribution in [-0.2, 0) is 0 Å². The molecule has 0 amide bonds. The van der Waals surface area contributed by atoms with Gasteiger partial charge in [0.2, 0.25) is 11.8 Å². The number of nitrogens with one attached hydrogen (secondary N) is 1. The van der Waals surface area contributed by atoms with E-state index in [0.717, 1.165) is 25.8 Å². The predicted octanol–water partition coefficient (Wildman–Crippen LogP) is 1.80. The molecule has 1 aliphatic carbocycles. The maximum atomic E-state index is 5.89. The van der Waals surface area contributed by atoms with Gasteiger partial charge in [0.25, 0.3) is 0 Å². The fraction of sp³-hybridized carbons (Fsp3) is 0.692. The first-order valence-electron chi connectivity index (χ1n) is 6.73. The molecule has 1 aromatic heterocycles. The van der Waals surface area contributed by atoms with Crippen LogP contribution in [0, 0.1) is 5.92 Å². The summed E-state index contributed by atoms with van der Waals surface area (Å²) in [5, 5.41) is 3.27. The molecule has 2 rings (SSSR count). The third-order valence-electron chi connectivity index (χ3n) is 3.21. The molecule has 1 aliphatic rings. The van der Waals surface area contributed by atoms with Crippen LogP contribution in [0.4, 0.5) is 5.95 Å². The molecule has 1 aromatic rings. The fourth-order valence-corrected chi connectivity index (χ4v) is 2.25. The van der Waals surface area contributed by atoms with Crippen molar-refractivity contribution in [3.63, 3.8) is 0 Å². The molecular weight excluding hydrogens is 228 g/mol. The van der Waals surface area contributed by atoms with Gasteiger partial charge in [-0.3, -0.25) is 0 Å². The fourth-order valence-electron chi connectivity index (χ4n) is 2.25. The molecule has 0 aliphatic heterocycles. The van der Waals surface area contributed by atoms with E-state index in [-0.39, 0.29) is 0 Å². The van der Waals surface area contributed by atoms with Gasteiger partial charge in [-0.25, -0.2) is 4.98 Å². The monoisotopic (exact) mass is 250 g/mol. The first-order valence-corrected chi connectivity index (χ1v) is 6.73. The lowest BCUT2D eigenvalue weighted by atomic mass is 10.1. The zero-order valence-electron chi connectivity index (χ0n) is 10.9. The van der Waals surface area contributed by atoms with Crippen molar-refractivity contribution in [2.24, 2.45) is 11.7 Å². The first-order chi connectivity index (χ1) is 8.78. The van der Waals surface area contributed by atoms with Gasteiger partial charge in [-0.05, 0) is 31.6 Å². The minimum Gasteiger partial charge on any atom is -0.478 e. The minimum absolute atomic E-state index is 0.372. The third-order valence-corrected chi connectivity index (χ3v) is 3.21. The van der Waals surface area contributed by atoms with Crippen molar-refractivity contribution in [2.75, 3.05) is 18.5 Å². The van der Waals surface area contributed by atoms with E-state index >= 15 is 0 Å². The number of hydrogen-bond acceptors (Lipinski definition) is 5. The Morgan fingerprint density at radius 3 is 3.11 bits per heavy atom. The molecule has 0 aromatic carbocycles. The molecule has 5 heteroatoms. The van der Waals surface area contributed by atoms with E-state index in [1.807, 2.05) is 0 Å². The van der Waals surface area contributed by atoms with Crippen LogP contribution in [0.1, 0.15) is 32.6 Å². The maximum absolute atomic E-state index is 5.89. The number of anilines is 1. The zero-order chi connectivity index (χ0) is 12.8. The van der Waals surface area contributed by atoms with Gasteiger partial charge in [0.05, 0.1) is 6.61 Å². The zero-order valence-corrected chi connectivity index (χ0v) is 10.9. The predicted molar refractivity (Wildman–Crippen MR) is 71.6 cm³/mol. The Kier molecular flexibility index (Phi) is 4.75. The Hall–Kier alpha value is -1.36. The molecule has 1 saturated carbocycles. The Balaban J connectivity index is 1.81. The topological polar surface area (TPSA) is 73.1 Å². The molecule has 5 nitrogen and oxygen atoms in total. The van der Waals surface area contributed by atoms with E-state index in [4.69, 9.17) is 10.5 Å². The Labute approximate surface area is 108 Å². The average Bonchev–Trinajstić information content (AvgIpc) is 2.80. The highest BCUT2D eigenvalue weighted by molar-refractivity contribution is 5.27. The van der Waals surface area contributed by atoms with Crippen LogP contribution in [0.5, 0.6) is 5.88 Å². The van der Waals surface area contributed by atoms with Crippen molar-refractivity contribution in [1.29, 1.82) is 0 Å². The van der Waals surface area contributed by atoms with Gasteiger partial charge >= 0.3 is 0 Å². The Bertz CT molecular complexity index is 372. The van der Waals surface area contributed by atoms with Crippen molar-refractivity contribution in [1.82, 2.24) is 9.97 Å². The van der Waals surface area contributed by atoms with Crippen LogP contribution in [0.2, 0.25) is 0 Å². The average molecular weight is 250 g/mol. The number of aromatic nitrogens is 2. The molecule has 2 unspecified atom stereocenters. The normalized spacial score (nSPS) is 23.0. The van der Waals surface area contributed by atoms with Crippen LogP contribution in [0.25, 0.3) is 0 Å². The number of nitrogens with zero attached hydrogens (tertiary/aromatic N) is 2. The van der Waals surface area contributed by atoms with Crippen LogP contribution >= 0.6 is 0 Å². The quantitative estimate of drug-likeness (QED) is 0.805. The summed E-state index contributed by atoms with van der Waals surface area (Å²) in [5.74, 6) is 1.92. The highest BCUT2D eigenvalue weighted by atomic mass is 16.5. The van der Waals surface area contributed by atoms with E-state index in [2.05, 4.69) is 22.2 Å². The summed E-state index contributed by atoms with van der Waals surface area (Å²) >= 11 is 0. The summed E-state index contributed by atoms with van der Waals surface area (Å²) in [4.78, 5) is 8.51. The first kappa shape index (κ1) is 13.1. The van der Waals surface area contributed by atoms with E-state index in [9.17, 15) is 0 Å². The van der Waals surface area contributed by atoms with Crippen LogP contribution in [-0.4, -0.2) is 29.2 Å². The van der Waals surface area contributed by atoms with E-state index in [1.165, 1.54) is 6.42 Å².